The standard InChI is InChI=1S/C8H18I2O2Si/c1-7(9)5-11-13(3,4)12-6-8(2)10/h7-8H,5-6H2,1-4H3. The minimum absolute atomic E-state index is 0.560. The van der Waals surface area contributed by atoms with Gasteiger partial charge in [-0.1, -0.05) is 59.0 Å². The lowest BCUT2D eigenvalue weighted by Crippen LogP contribution is -2.37. The molecule has 2 nitrogen and oxygen atoms in total. The van der Waals surface area contributed by atoms with Gasteiger partial charge in [0.2, 0.25) is 0 Å². The zero-order valence-corrected chi connectivity index (χ0v) is 14.0. The molecule has 2 unspecified atom stereocenters. The van der Waals surface area contributed by atoms with Gasteiger partial charge in [0.1, 0.15) is 0 Å². The summed E-state index contributed by atoms with van der Waals surface area (Å²) in [7, 11) is -1.84. The lowest BCUT2D eigenvalue weighted by Gasteiger charge is -2.24. The van der Waals surface area contributed by atoms with Gasteiger partial charge in [-0.25, -0.2) is 0 Å². The Balaban J connectivity index is 3.66. The number of halogens is 2. The molecule has 0 aromatic carbocycles. The molecule has 0 aliphatic carbocycles. The molecule has 0 rings (SSSR count). The van der Waals surface area contributed by atoms with E-state index in [-0.39, 0.29) is 0 Å². The van der Waals surface area contributed by atoms with Crippen LogP contribution in [0.4, 0.5) is 0 Å². The Hall–Kier alpha value is 1.60. The summed E-state index contributed by atoms with van der Waals surface area (Å²) in [6.45, 7) is 10.1. The predicted octanol–water partition coefficient (Wildman–Crippen LogP) is 3.37. The van der Waals surface area contributed by atoms with Crippen molar-refractivity contribution in [3.05, 3.63) is 0 Å². The molecular formula is C8H18I2O2Si. The summed E-state index contributed by atoms with van der Waals surface area (Å²) in [5.74, 6) is 0. The van der Waals surface area contributed by atoms with Crippen molar-refractivity contribution in [3.63, 3.8) is 0 Å². The minimum atomic E-state index is -1.84. The van der Waals surface area contributed by atoms with Gasteiger partial charge >= 0.3 is 8.56 Å². The lowest BCUT2D eigenvalue weighted by molar-refractivity contribution is 0.186. The molecule has 0 bridgehead atoms. The number of alkyl halides is 2. The molecule has 0 saturated heterocycles. The Bertz CT molecular complexity index is 126. The second kappa shape index (κ2) is 6.97. The molecule has 0 aromatic rings. The topological polar surface area (TPSA) is 18.5 Å². The maximum Gasteiger partial charge on any atom is 0.331 e. The molecule has 0 heterocycles. The SMILES string of the molecule is CC(I)CO[Si](C)(C)OCC(C)I. The van der Waals surface area contributed by atoms with Crippen LogP contribution in [0.1, 0.15) is 13.8 Å². The van der Waals surface area contributed by atoms with Gasteiger partial charge in [-0.15, -0.1) is 0 Å². The number of hydrogen-bond acceptors (Lipinski definition) is 2. The van der Waals surface area contributed by atoms with E-state index >= 15 is 0 Å². The van der Waals surface area contributed by atoms with Gasteiger partial charge in [0, 0.05) is 21.1 Å². The molecule has 5 heteroatoms. The maximum absolute atomic E-state index is 5.75. The average Bonchev–Trinajstić information content (AvgIpc) is 1.98. The second-order valence-electron chi connectivity index (χ2n) is 3.58. The van der Waals surface area contributed by atoms with Crippen molar-refractivity contribution < 1.29 is 8.85 Å². The van der Waals surface area contributed by atoms with E-state index in [1.807, 2.05) is 0 Å². The Labute approximate surface area is 110 Å². The highest BCUT2D eigenvalue weighted by Crippen LogP contribution is 2.11. The van der Waals surface area contributed by atoms with Crippen molar-refractivity contribution in [1.82, 2.24) is 0 Å². The first-order valence-corrected chi connectivity index (χ1v) is 9.70. The largest absolute Gasteiger partial charge is 0.393 e. The Morgan fingerprint density at radius 2 is 1.31 bits per heavy atom. The summed E-state index contributed by atoms with van der Waals surface area (Å²) in [6.07, 6.45) is 0. The summed E-state index contributed by atoms with van der Waals surface area (Å²) in [6, 6.07) is 0. The zero-order valence-electron chi connectivity index (χ0n) is 8.64. The van der Waals surface area contributed by atoms with E-state index in [4.69, 9.17) is 8.85 Å². The smallest absolute Gasteiger partial charge is 0.331 e. The normalized spacial score (nSPS) is 17.1. The van der Waals surface area contributed by atoms with Gasteiger partial charge in [0.15, 0.2) is 0 Å². The van der Waals surface area contributed by atoms with Crippen molar-refractivity contribution >= 4 is 53.7 Å². The first kappa shape index (κ1) is 14.6. The molecule has 0 aliphatic heterocycles. The van der Waals surface area contributed by atoms with Crippen LogP contribution in [0, 0.1) is 0 Å². The van der Waals surface area contributed by atoms with Crippen LogP contribution in [0.3, 0.4) is 0 Å². The fourth-order valence-corrected chi connectivity index (χ4v) is 3.10. The molecular weight excluding hydrogens is 410 g/mol. The van der Waals surface area contributed by atoms with Crippen LogP contribution in [0.2, 0.25) is 13.1 Å². The molecule has 0 amide bonds. The van der Waals surface area contributed by atoms with E-state index < -0.39 is 8.56 Å². The van der Waals surface area contributed by atoms with Crippen molar-refractivity contribution in [2.45, 2.75) is 34.8 Å². The van der Waals surface area contributed by atoms with Crippen LogP contribution in [0.5, 0.6) is 0 Å². The van der Waals surface area contributed by atoms with Gasteiger partial charge in [0.25, 0.3) is 0 Å². The van der Waals surface area contributed by atoms with Gasteiger partial charge < -0.3 is 8.85 Å². The molecule has 80 valence electrons. The number of rotatable bonds is 6. The molecule has 2 atom stereocenters. The monoisotopic (exact) mass is 428 g/mol. The molecule has 0 radical (unpaired) electrons. The predicted molar refractivity (Wildman–Crippen MR) is 76.4 cm³/mol. The molecule has 0 fully saturated rings. The van der Waals surface area contributed by atoms with Crippen molar-refractivity contribution in [2.75, 3.05) is 13.2 Å². The molecule has 0 N–H and O–H groups in total. The quantitative estimate of drug-likeness (QED) is 0.367. The summed E-state index contributed by atoms with van der Waals surface area (Å²) >= 11 is 4.73. The van der Waals surface area contributed by atoms with E-state index in [9.17, 15) is 0 Å². The summed E-state index contributed by atoms with van der Waals surface area (Å²) in [5.41, 5.74) is 0. The van der Waals surface area contributed by atoms with Crippen molar-refractivity contribution in [3.8, 4) is 0 Å². The molecule has 0 aliphatic rings. The van der Waals surface area contributed by atoms with Crippen LogP contribution in [0.15, 0.2) is 0 Å². The minimum Gasteiger partial charge on any atom is -0.393 e. The third-order valence-electron chi connectivity index (χ3n) is 1.32. The average molecular weight is 428 g/mol. The summed E-state index contributed by atoms with van der Waals surface area (Å²) in [4.78, 5) is 0. The highest BCUT2D eigenvalue weighted by atomic mass is 127. The van der Waals surface area contributed by atoms with Gasteiger partial charge in [0.05, 0.1) is 0 Å². The summed E-state index contributed by atoms with van der Waals surface area (Å²) in [5, 5.41) is 0. The first-order valence-electron chi connectivity index (χ1n) is 4.39. The fourth-order valence-electron chi connectivity index (χ4n) is 0.673. The van der Waals surface area contributed by atoms with Crippen LogP contribution >= 0.6 is 45.2 Å². The van der Waals surface area contributed by atoms with Crippen LogP contribution < -0.4 is 0 Å². The molecule has 13 heavy (non-hydrogen) atoms. The van der Waals surface area contributed by atoms with E-state index in [2.05, 4.69) is 72.1 Å². The third kappa shape index (κ3) is 9.89. The summed E-state index contributed by atoms with van der Waals surface area (Å²) < 4.78 is 12.6. The van der Waals surface area contributed by atoms with Crippen molar-refractivity contribution in [2.24, 2.45) is 0 Å². The van der Waals surface area contributed by atoms with E-state index in [0.29, 0.717) is 7.85 Å². The van der Waals surface area contributed by atoms with Crippen LogP contribution in [-0.4, -0.2) is 29.6 Å². The lowest BCUT2D eigenvalue weighted by atomic mass is 10.5. The molecule has 0 aromatic heterocycles. The van der Waals surface area contributed by atoms with E-state index in [1.165, 1.54) is 0 Å². The number of hydrogen-bond donors (Lipinski definition) is 0. The highest BCUT2D eigenvalue weighted by Gasteiger charge is 2.25. The first-order chi connectivity index (χ1) is 5.83. The van der Waals surface area contributed by atoms with E-state index in [0.717, 1.165) is 13.2 Å². The van der Waals surface area contributed by atoms with Gasteiger partial charge in [-0.05, 0) is 13.1 Å². The van der Waals surface area contributed by atoms with Crippen LogP contribution in [-0.2, 0) is 8.85 Å². The Morgan fingerprint density at radius 3 is 1.54 bits per heavy atom. The van der Waals surface area contributed by atoms with Gasteiger partial charge in [-0.3, -0.25) is 0 Å². The van der Waals surface area contributed by atoms with E-state index in [1.54, 1.807) is 0 Å². The second-order valence-corrected chi connectivity index (χ2v) is 11.2. The van der Waals surface area contributed by atoms with Crippen molar-refractivity contribution in [1.29, 1.82) is 0 Å². The Morgan fingerprint density at radius 1 is 1.00 bits per heavy atom. The van der Waals surface area contributed by atoms with Gasteiger partial charge in [-0.2, -0.15) is 0 Å². The fraction of sp³-hybridized carbons (Fsp3) is 1.00. The maximum atomic E-state index is 5.75. The molecule has 0 spiro atoms. The highest BCUT2D eigenvalue weighted by molar-refractivity contribution is 14.1. The third-order valence-corrected chi connectivity index (χ3v) is 3.76. The van der Waals surface area contributed by atoms with Crippen LogP contribution in [0.25, 0.3) is 0 Å². The zero-order chi connectivity index (χ0) is 10.5. The molecule has 0 saturated carbocycles. The Kier molecular flexibility index (Phi) is 7.82.